The van der Waals surface area contributed by atoms with Gasteiger partial charge in [-0.25, -0.2) is 13.4 Å². The number of aryl methyl sites for hydroxylation is 2. The van der Waals surface area contributed by atoms with Gasteiger partial charge in [-0.15, -0.1) is 11.3 Å². The van der Waals surface area contributed by atoms with Gasteiger partial charge in [-0.05, 0) is 31.5 Å². The van der Waals surface area contributed by atoms with Gasteiger partial charge in [0.25, 0.3) is 0 Å². The Morgan fingerprint density at radius 2 is 1.74 bits per heavy atom. The topological polar surface area (TPSA) is 77.3 Å². The van der Waals surface area contributed by atoms with Crippen molar-refractivity contribution < 1.29 is 8.42 Å². The molecule has 3 aromatic rings. The largest absolute Gasteiger partial charge is 0.345 e. The van der Waals surface area contributed by atoms with Crippen molar-refractivity contribution in [1.29, 1.82) is 5.26 Å². The molecule has 1 fully saturated rings. The zero-order chi connectivity index (χ0) is 22.0. The fourth-order valence-corrected chi connectivity index (χ4v) is 6.39. The first-order valence-corrected chi connectivity index (χ1v) is 12.4. The molecule has 0 amide bonds. The third-order valence-corrected chi connectivity index (χ3v) is 8.25. The van der Waals surface area contributed by atoms with Gasteiger partial charge in [0.2, 0.25) is 10.0 Å². The molecule has 31 heavy (non-hydrogen) atoms. The molecular formula is C23H24N4O2S2. The molecule has 0 radical (unpaired) electrons. The van der Waals surface area contributed by atoms with Gasteiger partial charge in [-0.1, -0.05) is 41.5 Å². The second-order valence-corrected chi connectivity index (χ2v) is 10.5. The van der Waals surface area contributed by atoms with E-state index in [1.807, 2.05) is 6.07 Å². The molecule has 1 saturated heterocycles. The summed E-state index contributed by atoms with van der Waals surface area (Å²) >= 11 is 1.60. The second-order valence-electron chi connectivity index (χ2n) is 7.79. The third-order valence-electron chi connectivity index (χ3n) is 5.34. The van der Waals surface area contributed by atoms with E-state index < -0.39 is 10.0 Å². The molecule has 1 aliphatic heterocycles. The summed E-state index contributed by atoms with van der Waals surface area (Å²) in [5, 5.41) is 12.3. The molecule has 0 atom stereocenters. The molecule has 6 nitrogen and oxygen atoms in total. The third kappa shape index (κ3) is 4.64. The molecule has 0 unspecified atom stereocenters. The summed E-state index contributed by atoms with van der Waals surface area (Å²) < 4.78 is 27.5. The van der Waals surface area contributed by atoms with E-state index in [9.17, 15) is 13.7 Å². The highest BCUT2D eigenvalue weighted by atomic mass is 32.2. The Bertz CT molecular complexity index is 1220. The summed E-state index contributed by atoms with van der Waals surface area (Å²) in [6.45, 7) is 6.09. The Morgan fingerprint density at radius 3 is 2.42 bits per heavy atom. The lowest BCUT2D eigenvalue weighted by atomic mass is 10.0. The van der Waals surface area contributed by atoms with E-state index in [0.29, 0.717) is 26.2 Å². The number of aromatic nitrogens is 1. The molecular weight excluding hydrogens is 428 g/mol. The van der Waals surface area contributed by atoms with Crippen molar-refractivity contribution in [3.8, 4) is 6.07 Å². The average Bonchev–Trinajstić information content (AvgIpc) is 3.21. The van der Waals surface area contributed by atoms with Gasteiger partial charge in [0.15, 0.2) is 5.13 Å². The minimum absolute atomic E-state index is 0.0796. The minimum Gasteiger partial charge on any atom is -0.345 e. The molecule has 160 valence electrons. The normalized spacial score (nSPS) is 15.1. The van der Waals surface area contributed by atoms with Crippen molar-refractivity contribution in [3.05, 3.63) is 75.8 Å². The van der Waals surface area contributed by atoms with Crippen LogP contribution in [0.1, 0.15) is 27.9 Å². The van der Waals surface area contributed by atoms with Crippen LogP contribution in [0, 0.1) is 25.2 Å². The van der Waals surface area contributed by atoms with Crippen LogP contribution < -0.4 is 4.90 Å². The monoisotopic (exact) mass is 452 g/mol. The maximum atomic E-state index is 13.0. The Hall–Kier alpha value is -2.73. The first-order valence-electron chi connectivity index (χ1n) is 10.1. The van der Waals surface area contributed by atoms with Crippen LogP contribution in [0.3, 0.4) is 0 Å². The van der Waals surface area contributed by atoms with Gasteiger partial charge in [-0.3, -0.25) is 0 Å². The predicted molar refractivity (Wildman–Crippen MR) is 123 cm³/mol. The zero-order valence-corrected chi connectivity index (χ0v) is 19.2. The van der Waals surface area contributed by atoms with Gasteiger partial charge >= 0.3 is 0 Å². The summed E-state index contributed by atoms with van der Waals surface area (Å²) in [6.07, 6.45) is 0.790. The lowest BCUT2D eigenvalue weighted by molar-refractivity contribution is 0.384. The van der Waals surface area contributed by atoms with E-state index in [4.69, 9.17) is 4.98 Å². The number of nitriles is 1. The number of benzene rings is 2. The molecule has 1 aromatic heterocycles. The molecule has 0 N–H and O–H groups in total. The second kappa shape index (κ2) is 8.79. The van der Waals surface area contributed by atoms with Crippen LogP contribution >= 0.6 is 11.3 Å². The number of piperazine rings is 1. The molecule has 2 aromatic carbocycles. The molecule has 0 aliphatic carbocycles. The Labute approximate surface area is 187 Å². The maximum absolute atomic E-state index is 13.0. The quantitative estimate of drug-likeness (QED) is 0.589. The summed E-state index contributed by atoms with van der Waals surface area (Å²) in [6, 6.07) is 14.9. The van der Waals surface area contributed by atoms with Crippen LogP contribution in [0.5, 0.6) is 0 Å². The highest BCUT2D eigenvalue weighted by molar-refractivity contribution is 7.89. The van der Waals surface area contributed by atoms with Crippen LogP contribution in [-0.2, 0) is 16.4 Å². The van der Waals surface area contributed by atoms with Gasteiger partial charge in [0.1, 0.15) is 6.07 Å². The van der Waals surface area contributed by atoms with Crippen LogP contribution in [0.25, 0.3) is 0 Å². The Balaban J connectivity index is 1.43. The van der Waals surface area contributed by atoms with E-state index in [1.54, 1.807) is 23.5 Å². The molecule has 8 heteroatoms. The number of rotatable bonds is 5. The van der Waals surface area contributed by atoms with E-state index in [-0.39, 0.29) is 10.5 Å². The molecule has 4 rings (SSSR count). The molecule has 1 aliphatic rings. The van der Waals surface area contributed by atoms with E-state index in [2.05, 4.69) is 42.3 Å². The number of thiazole rings is 1. The smallest absolute Gasteiger partial charge is 0.244 e. The van der Waals surface area contributed by atoms with Crippen LogP contribution in [0.2, 0.25) is 0 Å². The standard InChI is InChI=1S/C23H24N4O2S2/c1-17-11-18(2)13-19(12-17)14-21-16-30-23(25-21)26-7-9-27(10-8-26)31(28,29)22-6-4-3-5-20(22)15-24/h3-6,11-13,16H,7-10,14H2,1-2H3. The SMILES string of the molecule is Cc1cc(C)cc(Cc2csc(N3CCN(S(=O)(=O)c4ccccc4C#N)CC3)n2)c1. The van der Waals surface area contributed by atoms with Gasteiger partial charge in [-0.2, -0.15) is 9.57 Å². The minimum atomic E-state index is -3.69. The Morgan fingerprint density at radius 1 is 1.06 bits per heavy atom. The maximum Gasteiger partial charge on any atom is 0.244 e. The van der Waals surface area contributed by atoms with E-state index in [1.165, 1.54) is 33.1 Å². The fraction of sp³-hybridized carbons (Fsp3) is 0.304. The highest BCUT2D eigenvalue weighted by Gasteiger charge is 2.31. The van der Waals surface area contributed by atoms with Crippen molar-refractivity contribution in [1.82, 2.24) is 9.29 Å². The van der Waals surface area contributed by atoms with Gasteiger partial charge in [0, 0.05) is 38.0 Å². The van der Waals surface area contributed by atoms with Gasteiger partial charge < -0.3 is 4.90 Å². The number of hydrogen-bond acceptors (Lipinski definition) is 6. The summed E-state index contributed by atoms with van der Waals surface area (Å²) in [5.41, 5.74) is 4.96. The summed E-state index contributed by atoms with van der Waals surface area (Å²) in [7, 11) is -3.69. The number of hydrogen-bond donors (Lipinski definition) is 0. The number of nitrogens with zero attached hydrogens (tertiary/aromatic N) is 4. The molecule has 0 saturated carbocycles. The average molecular weight is 453 g/mol. The predicted octanol–water partition coefficient (Wildman–Crippen LogP) is 3.73. The molecule has 0 bridgehead atoms. The van der Waals surface area contributed by atoms with Crippen molar-refractivity contribution in [2.45, 2.75) is 25.2 Å². The van der Waals surface area contributed by atoms with Crippen molar-refractivity contribution in [3.63, 3.8) is 0 Å². The molecule has 0 spiro atoms. The summed E-state index contributed by atoms with van der Waals surface area (Å²) in [5.74, 6) is 0. The van der Waals surface area contributed by atoms with Crippen molar-refractivity contribution >= 4 is 26.5 Å². The number of anilines is 1. The van der Waals surface area contributed by atoms with E-state index >= 15 is 0 Å². The lowest BCUT2D eigenvalue weighted by Crippen LogP contribution is -2.48. The van der Waals surface area contributed by atoms with Crippen LogP contribution in [0.4, 0.5) is 5.13 Å². The van der Waals surface area contributed by atoms with Crippen molar-refractivity contribution in [2.24, 2.45) is 0 Å². The molecule has 2 heterocycles. The fourth-order valence-electron chi connectivity index (χ4n) is 3.95. The van der Waals surface area contributed by atoms with Gasteiger partial charge in [0.05, 0.1) is 16.2 Å². The van der Waals surface area contributed by atoms with E-state index in [0.717, 1.165) is 17.2 Å². The zero-order valence-electron chi connectivity index (χ0n) is 17.6. The van der Waals surface area contributed by atoms with Crippen LogP contribution in [0.15, 0.2) is 52.7 Å². The first-order chi connectivity index (χ1) is 14.9. The lowest BCUT2D eigenvalue weighted by Gasteiger charge is -2.33. The summed E-state index contributed by atoms with van der Waals surface area (Å²) in [4.78, 5) is 7.01. The Kier molecular flexibility index (Phi) is 6.10. The van der Waals surface area contributed by atoms with Crippen molar-refractivity contribution in [2.75, 3.05) is 31.1 Å². The first kappa shape index (κ1) is 21.5. The van der Waals surface area contributed by atoms with Crippen LogP contribution in [-0.4, -0.2) is 43.9 Å². The number of sulfonamides is 1. The highest BCUT2D eigenvalue weighted by Crippen LogP contribution is 2.26.